The van der Waals surface area contributed by atoms with Gasteiger partial charge in [-0.1, -0.05) is 30.3 Å². The van der Waals surface area contributed by atoms with E-state index in [9.17, 15) is 14.0 Å². The van der Waals surface area contributed by atoms with Crippen LogP contribution in [0.3, 0.4) is 0 Å². The van der Waals surface area contributed by atoms with Gasteiger partial charge in [-0.2, -0.15) is 0 Å². The highest BCUT2D eigenvalue weighted by molar-refractivity contribution is 6.13. The molecule has 2 aromatic rings. The summed E-state index contributed by atoms with van der Waals surface area (Å²) in [7, 11) is 1.51. The maximum absolute atomic E-state index is 13.6. The third kappa shape index (κ3) is 3.47. The molecule has 3 rings (SSSR count). The van der Waals surface area contributed by atoms with E-state index >= 15 is 0 Å². The second kappa shape index (κ2) is 6.93. The first-order chi connectivity index (χ1) is 12.1. The zero-order chi connectivity index (χ0) is 17.9. The molecular formula is C19H19FN2O3. The molecule has 25 heavy (non-hydrogen) atoms. The molecular weight excluding hydrogens is 323 g/mol. The molecule has 0 heterocycles. The summed E-state index contributed by atoms with van der Waals surface area (Å²) in [4.78, 5) is 25.1. The predicted molar refractivity (Wildman–Crippen MR) is 91.5 cm³/mol. The number of nitrogens with one attached hydrogen (secondary N) is 2. The molecule has 0 atom stereocenters. The molecule has 0 radical (unpaired) electrons. The van der Waals surface area contributed by atoms with Gasteiger partial charge in [0.05, 0.1) is 12.8 Å². The van der Waals surface area contributed by atoms with Crippen molar-refractivity contribution in [1.29, 1.82) is 0 Å². The third-order valence-electron chi connectivity index (χ3n) is 4.37. The highest BCUT2D eigenvalue weighted by atomic mass is 19.1. The third-order valence-corrected chi connectivity index (χ3v) is 4.37. The van der Waals surface area contributed by atoms with Crippen LogP contribution in [0, 0.1) is 11.2 Å². The van der Waals surface area contributed by atoms with E-state index in [1.807, 2.05) is 0 Å². The number of methoxy groups -OCH3 is 1. The molecule has 2 aromatic carbocycles. The largest absolute Gasteiger partial charge is 0.495 e. The number of hydrogen-bond donors (Lipinski definition) is 2. The summed E-state index contributed by atoms with van der Waals surface area (Å²) in [5, 5.41) is 5.42. The second-order valence-corrected chi connectivity index (χ2v) is 6.01. The quantitative estimate of drug-likeness (QED) is 0.793. The molecule has 0 unspecified atom stereocenters. The van der Waals surface area contributed by atoms with Gasteiger partial charge in [0, 0.05) is 12.1 Å². The Morgan fingerprint density at radius 2 is 1.76 bits per heavy atom. The summed E-state index contributed by atoms with van der Waals surface area (Å²) in [6.45, 7) is 0.0508. The van der Waals surface area contributed by atoms with Crippen LogP contribution in [0.15, 0.2) is 48.5 Å². The van der Waals surface area contributed by atoms with Gasteiger partial charge in [0.1, 0.15) is 17.0 Å². The number of carbonyl (C=O) groups is 2. The van der Waals surface area contributed by atoms with Crippen LogP contribution in [0.5, 0.6) is 5.75 Å². The maximum Gasteiger partial charge on any atom is 0.240 e. The van der Waals surface area contributed by atoms with Gasteiger partial charge < -0.3 is 15.4 Å². The van der Waals surface area contributed by atoms with E-state index in [2.05, 4.69) is 10.6 Å². The zero-order valence-corrected chi connectivity index (χ0v) is 13.8. The SMILES string of the molecule is COc1ccccc1NC(=O)C1(C(=O)NCc2ccccc2F)CC1. The molecule has 1 aliphatic rings. The number of ether oxygens (including phenoxy) is 1. The minimum Gasteiger partial charge on any atom is -0.495 e. The Labute approximate surface area is 145 Å². The normalized spacial score (nSPS) is 14.5. The summed E-state index contributed by atoms with van der Waals surface area (Å²) in [6, 6.07) is 13.2. The minimum absolute atomic E-state index is 0.0508. The van der Waals surface area contributed by atoms with E-state index in [1.165, 1.54) is 13.2 Å². The van der Waals surface area contributed by atoms with Crippen LogP contribution in [-0.2, 0) is 16.1 Å². The first-order valence-corrected chi connectivity index (χ1v) is 8.03. The number of carbonyl (C=O) groups excluding carboxylic acids is 2. The fourth-order valence-corrected chi connectivity index (χ4v) is 2.66. The van der Waals surface area contributed by atoms with Crippen molar-refractivity contribution in [3.8, 4) is 5.75 Å². The summed E-state index contributed by atoms with van der Waals surface area (Å²) in [5.74, 6) is -0.615. The monoisotopic (exact) mass is 342 g/mol. The molecule has 1 saturated carbocycles. The van der Waals surface area contributed by atoms with Crippen molar-refractivity contribution >= 4 is 17.5 Å². The average molecular weight is 342 g/mol. The number of rotatable bonds is 6. The van der Waals surface area contributed by atoms with E-state index in [-0.39, 0.29) is 24.2 Å². The van der Waals surface area contributed by atoms with Crippen LogP contribution in [0.2, 0.25) is 0 Å². The zero-order valence-electron chi connectivity index (χ0n) is 13.8. The predicted octanol–water partition coefficient (Wildman–Crippen LogP) is 2.87. The average Bonchev–Trinajstić information content (AvgIpc) is 3.43. The molecule has 0 aliphatic heterocycles. The van der Waals surface area contributed by atoms with E-state index in [0.29, 0.717) is 29.8 Å². The van der Waals surface area contributed by atoms with Crippen LogP contribution in [-0.4, -0.2) is 18.9 Å². The Balaban J connectivity index is 1.66. The van der Waals surface area contributed by atoms with Crippen molar-refractivity contribution in [3.63, 3.8) is 0 Å². The fourth-order valence-electron chi connectivity index (χ4n) is 2.66. The molecule has 2 amide bonds. The molecule has 6 heteroatoms. The first-order valence-electron chi connectivity index (χ1n) is 8.03. The molecule has 1 aliphatic carbocycles. The molecule has 1 fully saturated rings. The van der Waals surface area contributed by atoms with E-state index in [4.69, 9.17) is 4.74 Å². The number of halogens is 1. The molecule has 0 saturated heterocycles. The Bertz CT molecular complexity index is 803. The number of hydrogen-bond acceptors (Lipinski definition) is 3. The molecule has 130 valence electrons. The lowest BCUT2D eigenvalue weighted by Gasteiger charge is -2.17. The Morgan fingerprint density at radius 1 is 1.08 bits per heavy atom. The molecule has 0 aromatic heterocycles. The number of amides is 2. The van der Waals surface area contributed by atoms with Crippen LogP contribution in [0.1, 0.15) is 18.4 Å². The van der Waals surface area contributed by atoms with Crippen LogP contribution in [0.4, 0.5) is 10.1 Å². The van der Waals surface area contributed by atoms with Gasteiger partial charge in [0.2, 0.25) is 11.8 Å². The standard InChI is InChI=1S/C19H19FN2O3/c1-25-16-9-5-4-8-15(16)22-18(24)19(10-11-19)17(23)21-12-13-6-2-3-7-14(13)20/h2-9H,10-12H2,1H3,(H,21,23)(H,22,24). The van der Waals surface area contributed by atoms with Gasteiger partial charge in [-0.3, -0.25) is 9.59 Å². The second-order valence-electron chi connectivity index (χ2n) is 6.01. The highest BCUT2D eigenvalue weighted by Crippen LogP contribution is 2.47. The van der Waals surface area contributed by atoms with Gasteiger partial charge in [-0.15, -0.1) is 0 Å². The lowest BCUT2D eigenvalue weighted by atomic mass is 10.0. The number of anilines is 1. The lowest BCUT2D eigenvalue weighted by Crippen LogP contribution is -2.39. The van der Waals surface area contributed by atoms with Crippen molar-refractivity contribution < 1.29 is 18.7 Å². The Kier molecular flexibility index (Phi) is 4.70. The van der Waals surface area contributed by atoms with Crippen LogP contribution in [0.25, 0.3) is 0 Å². The van der Waals surface area contributed by atoms with Crippen molar-refractivity contribution in [1.82, 2.24) is 5.32 Å². The minimum atomic E-state index is -1.09. The topological polar surface area (TPSA) is 67.4 Å². The summed E-state index contributed by atoms with van der Waals surface area (Å²) in [6.07, 6.45) is 0.939. The highest BCUT2D eigenvalue weighted by Gasteiger charge is 2.56. The van der Waals surface area contributed by atoms with Crippen molar-refractivity contribution in [3.05, 3.63) is 59.9 Å². The van der Waals surface area contributed by atoms with Crippen molar-refractivity contribution in [2.24, 2.45) is 5.41 Å². The smallest absolute Gasteiger partial charge is 0.240 e. The Hall–Kier alpha value is -2.89. The van der Waals surface area contributed by atoms with Gasteiger partial charge in [-0.25, -0.2) is 4.39 Å². The van der Waals surface area contributed by atoms with Gasteiger partial charge in [0.25, 0.3) is 0 Å². The maximum atomic E-state index is 13.6. The molecule has 5 nitrogen and oxygen atoms in total. The van der Waals surface area contributed by atoms with E-state index in [1.54, 1.807) is 42.5 Å². The summed E-state index contributed by atoms with van der Waals surface area (Å²) in [5.41, 5.74) is -0.188. The Morgan fingerprint density at radius 3 is 2.44 bits per heavy atom. The van der Waals surface area contributed by atoms with Crippen LogP contribution < -0.4 is 15.4 Å². The van der Waals surface area contributed by atoms with Crippen molar-refractivity contribution in [2.75, 3.05) is 12.4 Å². The number of benzene rings is 2. The van der Waals surface area contributed by atoms with Gasteiger partial charge in [-0.05, 0) is 31.0 Å². The molecule has 0 spiro atoms. The lowest BCUT2D eigenvalue weighted by molar-refractivity contribution is -0.134. The van der Waals surface area contributed by atoms with Crippen molar-refractivity contribution in [2.45, 2.75) is 19.4 Å². The summed E-state index contributed by atoms with van der Waals surface area (Å²) < 4.78 is 18.8. The fraction of sp³-hybridized carbons (Fsp3) is 0.263. The number of para-hydroxylation sites is 2. The summed E-state index contributed by atoms with van der Waals surface area (Å²) >= 11 is 0. The molecule has 0 bridgehead atoms. The van der Waals surface area contributed by atoms with E-state index < -0.39 is 5.41 Å². The first kappa shape index (κ1) is 17.0. The van der Waals surface area contributed by atoms with Crippen LogP contribution >= 0.6 is 0 Å². The van der Waals surface area contributed by atoms with E-state index in [0.717, 1.165) is 0 Å². The van der Waals surface area contributed by atoms with Gasteiger partial charge in [0.15, 0.2) is 0 Å². The molecule has 2 N–H and O–H groups in total. The van der Waals surface area contributed by atoms with Gasteiger partial charge >= 0.3 is 0 Å².